The monoisotopic (exact) mass is 354 g/mol. The molecule has 0 bridgehead atoms. The van der Waals surface area contributed by atoms with Crippen molar-refractivity contribution in [2.24, 2.45) is 0 Å². The van der Waals surface area contributed by atoms with Gasteiger partial charge in [-0.25, -0.2) is 4.98 Å². The van der Waals surface area contributed by atoms with Gasteiger partial charge in [0.05, 0.1) is 19.1 Å². The Kier molecular flexibility index (Phi) is 6.21. The average molecular weight is 354 g/mol. The molecule has 1 aliphatic rings. The molecule has 26 heavy (non-hydrogen) atoms. The van der Waals surface area contributed by atoms with Gasteiger partial charge in [0.15, 0.2) is 5.82 Å². The molecule has 138 valence electrons. The minimum absolute atomic E-state index is 0.0725. The Hall–Kier alpha value is -2.43. The van der Waals surface area contributed by atoms with Gasteiger partial charge in [0, 0.05) is 45.3 Å². The Labute approximate surface area is 154 Å². The molecule has 3 rings (SSSR count). The van der Waals surface area contributed by atoms with Crippen molar-refractivity contribution in [3.63, 3.8) is 0 Å². The van der Waals surface area contributed by atoms with Crippen molar-refractivity contribution in [1.82, 2.24) is 20.1 Å². The van der Waals surface area contributed by atoms with E-state index in [-0.39, 0.29) is 6.10 Å². The third kappa shape index (κ3) is 4.59. The van der Waals surface area contributed by atoms with Gasteiger partial charge in [-0.15, -0.1) is 0 Å². The van der Waals surface area contributed by atoms with E-state index in [1.54, 1.807) is 0 Å². The van der Waals surface area contributed by atoms with Crippen molar-refractivity contribution in [2.45, 2.75) is 32.4 Å². The zero-order valence-corrected chi connectivity index (χ0v) is 15.5. The fourth-order valence-corrected chi connectivity index (χ4v) is 3.08. The summed E-state index contributed by atoms with van der Waals surface area (Å²) in [6, 6.07) is 10.7. The smallest absolute Gasteiger partial charge is 0.180 e. The molecule has 0 spiro atoms. The number of ether oxygens (including phenoxy) is 1. The van der Waals surface area contributed by atoms with Crippen LogP contribution in [0.4, 0.5) is 5.69 Å². The molecular weight excluding hydrogens is 328 g/mol. The number of aromatic nitrogens is 3. The summed E-state index contributed by atoms with van der Waals surface area (Å²) in [6.07, 6.45) is 1.31. The molecule has 7 heteroatoms. The molecule has 1 unspecified atom stereocenters. The summed E-state index contributed by atoms with van der Waals surface area (Å²) >= 11 is 0. The van der Waals surface area contributed by atoms with Gasteiger partial charge in [0.25, 0.3) is 0 Å². The largest absolute Gasteiger partial charge is 0.374 e. The van der Waals surface area contributed by atoms with Crippen molar-refractivity contribution < 1.29 is 4.74 Å². The van der Waals surface area contributed by atoms with Crippen LogP contribution in [0.5, 0.6) is 0 Å². The predicted octanol–water partition coefficient (Wildman–Crippen LogP) is 2.29. The molecule has 0 aliphatic carbocycles. The number of hydrogen-bond acceptors (Lipinski definition) is 6. The van der Waals surface area contributed by atoms with Crippen LogP contribution in [0.2, 0.25) is 0 Å². The third-order valence-electron chi connectivity index (χ3n) is 4.66. The minimum Gasteiger partial charge on any atom is -0.374 e. The maximum absolute atomic E-state index is 8.70. The molecular formula is C19H26N6O. The highest BCUT2D eigenvalue weighted by molar-refractivity contribution is 5.46. The van der Waals surface area contributed by atoms with Crippen LogP contribution in [0.3, 0.4) is 0 Å². The van der Waals surface area contributed by atoms with Crippen LogP contribution < -0.4 is 4.90 Å². The van der Waals surface area contributed by atoms with Crippen molar-refractivity contribution in [1.29, 1.82) is 5.26 Å². The molecule has 7 nitrogen and oxygen atoms in total. The maximum Gasteiger partial charge on any atom is 0.180 e. The van der Waals surface area contributed by atoms with Crippen LogP contribution in [-0.2, 0) is 17.7 Å². The lowest BCUT2D eigenvalue weighted by atomic mass is 10.1. The first-order valence-corrected chi connectivity index (χ1v) is 9.11. The number of morpholine rings is 1. The standard InChI is InChI=1S/C19H26N6O/c1-3-18-21-19(23-22-18)17-14-25(11-12-26-17)13-15-5-7-16(8-6-15)24(2)10-4-9-20/h5-8,17H,3-4,10-14H2,1-2H3,(H,21,22,23). The van der Waals surface area contributed by atoms with Gasteiger partial charge in [-0.1, -0.05) is 19.1 Å². The number of anilines is 1. The summed E-state index contributed by atoms with van der Waals surface area (Å²) in [5.41, 5.74) is 2.41. The number of nitrogens with zero attached hydrogens (tertiary/aromatic N) is 5. The number of nitriles is 1. The molecule has 1 aromatic carbocycles. The Bertz CT molecular complexity index is 735. The number of nitrogens with one attached hydrogen (secondary N) is 1. The quantitative estimate of drug-likeness (QED) is 0.822. The van der Waals surface area contributed by atoms with Crippen molar-refractivity contribution in [3.05, 3.63) is 41.5 Å². The number of hydrogen-bond donors (Lipinski definition) is 1. The van der Waals surface area contributed by atoms with Crippen molar-refractivity contribution in [3.8, 4) is 6.07 Å². The number of rotatable bonds is 7. The van der Waals surface area contributed by atoms with Crippen molar-refractivity contribution in [2.75, 3.05) is 38.2 Å². The van der Waals surface area contributed by atoms with Crippen LogP contribution in [0.15, 0.2) is 24.3 Å². The van der Waals surface area contributed by atoms with Gasteiger partial charge in [-0.05, 0) is 17.7 Å². The van der Waals surface area contributed by atoms with E-state index in [0.717, 1.165) is 49.9 Å². The van der Waals surface area contributed by atoms with E-state index in [2.05, 4.69) is 62.2 Å². The lowest BCUT2D eigenvalue weighted by Gasteiger charge is -2.31. The fourth-order valence-electron chi connectivity index (χ4n) is 3.08. The first-order valence-electron chi connectivity index (χ1n) is 9.11. The third-order valence-corrected chi connectivity index (χ3v) is 4.66. The Morgan fingerprint density at radius 3 is 2.88 bits per heavy atom. The van der Waals surface area contributed by atoms with E-state index >= 15 is 0 Å². The van der Waals surface area contributed by atoms with Gasteiger partial charge >= 0.3 is 0 Å². The Balaban J connectivity index is 1.57. The van der Waals surface area contributed by atoms with Crippen LogP contribution in [-0.4, -0.2) is 53.4 Å². The second kappa shape index (κ2) is 8.79. The minimum atomic E-state index is -0.0725. The molecule has 1 atom stereocenters. The molecule has 0 amide bonds. The first-order chi connectivity index (χ1) is 12.7. The van der Waals surface area contributed by atoms with Gasteiger partial charge < -0.3 is 9.64 Å². The summed E-state index contributed by atoms with van der Waals surface area (Å²) in [7, 11) is 2.01. The SMILES string of the molecule is CCc1nc(C2CN(Cc3ccc(N(C)CCC#N)cc3)CCO2)n[nH]1. The molecule has 1 fully saturated rings. The number of H-pyrrole nitrogens is 1. The van der Waals surface area contributed by atoms with E-state index in [9.17, 15) is 0 Å². The molecule has 0 saturated carbocycles. The number of benzene rings is 1. The first kappa shape index (κ1) is 18.4. The van der Waals surface area contributed by atoms with E-state index in [0.29, 0.717) is 13.0 Å². The lowest BCUT2D eigenvalue weighted by Crippen LogP contribution is -2.38. The van der Waals surface area contributed by atoms with Gasteiger partial charge in [-0.3, -0.25) is 10.00 Å². The van der Waals surface area contributed by atoms with Crippen LogP contribution in [0.1, 0.15) is 36.7 Å². The Morgan fingerprint density at radius 1 is 1.38 bits per heavy atom. The second-order valence-electron chi connectivity index (χ2n) is 6.58. The Morgan fingerprint density at radius 2 is 2.19 bits per heavy atom. The predicted molar refractivity (Wildman–Crippen MR) is 99.7 cm³/mol. The van der Waals surface area contributed by atoms with Gasteiger partial charge in [0.1, 0.15) is 11.9 Å². The second-order valence-corrected chi connectivity index (χ2v) is 6.58. The zero-order valence-electron chi connectivity index (χ0n) is 15.5. The molecule has 1 aromatic heterocycles. The van der Waals surface area contributed by atoms with Gasteiger partial charge in [-0.2, -0.15) is 10.4 Å². The summed E-state index contributed by atoms with van der Waals surface area (Å²) in [5.74, 6) is 1.65. The molecule has 1 saturated heterocycles. The van der Waals surface area contributed by atoms with Crippen LogP contribution >= 0.6 is 0 Å². The van der Waals surface area contributed by atoms with E-state index in [1.165, 1.54) is 5.56 Å². The summed E-state index contributed by atoms with van der Waals surface area (Å²) in [6.45, 7) is 6.08. The number of aromatic amines is 1. The lowest BCUT2D eigenvalue weighted by molar-refractivity contribution is -0.0370. The van der Waals surface area contributed by atoms with Crippen molar-refractivity contribution >= 4 is 5.69 Å². The average Bonchev–Trinajstić information content (AvgIpc) is 3.16. The molecule has 0 radical (unpaired) electrons. The summed E-state index contributed by atoms with van der Waals surface area (Å²) in [5, 5.41) is 16.0. The van der Waals surface area contributed by atoms with E-state index in [4.69, 9.17) is 10.00 Å². The molecule has 1 N–H and O–H groups in total. The highest BCUT2D eigenvalue weighted by Gasteiger charge is 2.25. The fraction of sp³-hybridized carbons (Fsp3) is 0.526. The highest BCUT2D eigenvalue weighted by Crippen LogP contribution is 2.21. The summed E-state index contributed by atoms with van der Waals surface area (Å²) < 4.78 is 5.86. The highest BCUT2D eigenvalue weighted by atomic mass is 16.5. The number of aryl methyl sites for hydroxylation is 1. The zero-order chi connectivity index (χ0) is 18.4. The normalized spacial score (nSPS) is 17.8. The maximum atomic E-state index is 8.70. The van der Waals surface area contributed by atoms with E-state index in [1.807, 2.05) is 7.05 Å². The van der Waals surface area contributed by atoms with Crippen LogP contribution in [0.25, 0.3) is 0 Å². The van der Waals surface area contributed by atoms with E-state index < -0.39 is 0 Å². The molecule has 2 heterocycles. The molecule has 2 aromatic rings. The molecule has 1 aliphatic heterocycles. The topological polar surface area (TPSA) is 81.1 Å². The van der Waals surface area contributed by atoms with Crippen LogP contribution in [0, 0.1) is 11.3 Å². The summed E-state index contributed by atoms with van der Waals surface area (Å²) in [4.78, 5) is 8.99. The van der Waals surface area contributed by atoms with Gasteiger partial charge in [0.2, 0.25) is 0 Å².